The van der Waals surface area contributed by atoms with E-state index >= 15 is 0 Å². The molecule has 92 valence electrons. The van der Waals surface area contributed by atoms with Crippen LogP contribution in [0.3, 0.4) is 0 Å². The first-order valence-corrected chi connectivity index (χ1v) is 6.72. The van der Waals surface area contributed by atoms with Gasteiger partial charge in [0.05, 0.1) is 5.54 Å². The van der Waals surface area contributed by atoms with Crippen LogP contribution in [0.5, 0.6) is 0 Å². The molecule has 3 heteroatoms. The van der Waals surface area contributed by atoms with Gasteiger partial charge < -0.3 is 10.2 Å². The molecule has 0 bridgehead atoms. The third-order valence-electron chi connectivity index (χ3n) is 4.45. The summed E-state index contributed by atoms with van der Waals surface area (Å²) in [5.74, 6) is 0.333. The highest BCUT2D eigenvalue weighted by Gasteiger charge is 2.42. The standard InChI is InChI=1S/C13H24N2O/c1-3-13(9-6-10-14-13)12(16)15(2)11-7-4-5-8-11/h11,14H,3-10H2,1-2H3. The summed E-state index contributed by atoms with van der Waals surface area (Å²) in [7, 11) is 2.00. The largest absolute Gasteiger partial charge is 0.341 e. The Morgan fingerprint density at radius 2 is 2.06 bits per heavy atom. The first-order valence-electron chi connectivity index (χ1n) is 6.72. The molecule has 1 saturated carbocycles. The number of nitrogens with one attached hydrogen (secondary N) is 1. The van der Waals surface area contributed by atoms with E-state index < -0.39 is 0 Å². The zero-order chi connectivity index (χ0) is 11.6. The molecule has 1 N–H and O–H groups in total. The van der Waals surface area contributed by atoms with Gasteiger partial charge in [-0.3, -0.25) is 4.79 Å². The smallest absolute Gasteiger partial charge is 0.242 e. The second kappa shape index (κ2) is 4.74. The molecule has 0 aromatic carbocycles. The highest BCUT2D eigenvalue weighted by molar-refractivity contribution is 5.86. The SMILES string of the molecule is CCC1(C(=O)N(C)C2CCCC2)CCCN1. The van der Waals surface area contributed by atoms with E-state index in [1.807, 2.05) is 11.9 Å². The van der Waals surface area contributed by atoms with E-state index in [1.165, 1.54) is 25.7 Å². The summed E-state index contributed by atoms with van der Waals surface area (Å²) >= 11 is 0. The summed E-state index contributed by atoms with van der Waals surface area (Å²) in [5.41, 5.74) is -0.239. The number of hydrogen-bond acceptors (Lipinski definition) is 2. The molecule has 2 fully saturated rings. The second-order valence-electron chi connectivity index (χ2n) is 5.32. The zero-order valence-corrected chi connectivity index (χ0v) is 10.6. The monoisotopic (exact) mass is 224 g/mol. The molecule has 1 amide bonds. The van der Waals surface area contributed by atoms with Crippen molar-refractivity contribution in [2.45, 2.75) is 63.5 Å². The van der Waals surface area contributed by atoms with E-state index in [9.17, 15) is 4.79 Å². The zero-order valence-electron chi connectivity index (χ0n) is 10.6. The maximum absolute atomic E-state index is 12.5. The highest BCUT2D eigenvalue weighted by atomic mass is 16.2. The van der Waals surface area contributed by atoms with Crippen LogP contribution in [0.15, 0.2) is 0 Å². The summed E-state index contributed by atoms with van der Waals surface area (Å²) in [4.78, 5) is 14.6. The highest BCUT2D eigenvalue weighted by Crippen LogP contribution is 2.29. The Bertz CT molecular complexity index is 253. The van der Waals surface area contributed by atoms with Crippen molar-refractivity contribution in [1.82, 2.24) is 10.2 Å². The summed E-state index contributed by atoms with van der Waals surface area (Å²) in [5, 5.41) is 3.43. The van der Waals surface area contributed by atoms with E-state index in [0.29, 0.717) is 11.9 Å². The van der Waals surface area contributed by atoms with E-state index in [0.717, 1.165) is 25.8 Å². The van der Waals surface area contributed by atoms with Crippen molar-refractivity contribution in [3.05, 3.63) is 0 Å². The van der Waals surface area contributed by atoms with Crippen LogP contribution in [0.2, 0.25) is 0 Å². The number of carbonyl (C=O) groups is 1. The third kappa shape index (κ3) is 1.97. The van der Waals surface area contributed by atoms with Gasteiger partial charge in [0.2, 0.25) is 5.91 Å². The van der Waals surface area contributed by atoms with Gasteiger partial charge in [0.1, 0.15) is 0 Å². The number of amides is 1. The first kappa shape index (κ1) is 11.9. The molecule has 1 aliphatic heterocycles. The number of rotatable bonds is 3. The molecule has 1 atom stereocenters. The molecule has 0 aromatic rings. The average Bonchev–Trinajstić information content (AvgIpc) is 2.98. The number of nitrogens with zero attached hydrogens (tertiary/aromatic N) is 1. The minimum atomic E-state index is -0.239. The van der Waals surface area contributed by atoms with Crippen molar-refractivity contribution >= 4 is 5.91 Å². The molecule has 1 heterocycles. The van der Waals surface area contributed by atoms with Gasteiger partial charge in [-0.25, -0.2) is 0 Å². The molecule has 1 aliphatic carbocycles. The van der Waals surface area contributed by atoms with E-state index in [4.69, 9.17) is 0 Å². The molecule has 0 radical (unpaired) electrons. The summed E-state index contributed by atoms with van der Waals surface area (Å²) < 4.78 is 0. The van der Waals surface area contributed by atoms with Crippen molar-refractivity contribution in [3.63, 3.8) is 0 Å². The third-order valence-corrected chi connectivity index (χ3v) is 4.45. The van der Waals surface area contributed by atoms with Gasteiger partial charge in [-0.05, 0) is 38.6 Å². The van der Waals surface area contributed by atoms with Crippen LogP contribution in [0.4, 0.5) is 0 Å². The first-order chi connectivity index (χ1) is 7.69. The van der Waals surface area contributed by atoms with Gasteiger partial charge in [-0.2, -0.15) is 0 Å². The Morgan fingerprint density at radius 1 is 1.38 bits per heavy atom. The molecular formula is C13H24N2O. The molecule has 0 spiro atoms. The molecule has 2 rings (SSSR count). The van der Waals surface area contributed by atoms with Gasteiger partial charge in [0, 0.05) is 13.1 Å². The van der Waals surface area contributed by atoms with Gasteiger partial charge >= 0.3 is 0 Å². The van der Waals surface area contributed by atoms with Crippen molar-refractivity contribution in [2.75, 3.05) is 13.6 Å². The average molecular weight is 224 g/mol. The van der Waals surface area contributed by atoms with Crippen molar-refractivity contribution in [3.8, 4) is 0 Å². The summed E-state index contributed by atoms with van der Waals surface area (Å²) in [6.07, 6.45) is 8.04. The van der Waals surface area contributed by atoms with Gasteiger partial charge in [-0.15, -0.1) is 0 Å². The number of likely N-dealkylation sites (N-methyl/N-ethyl adjacent to an activating group) is 1. The van der Waals surface area contributed by atoms with E-state index in [1.54, 1.807) is 0 Å². The normalized spacial score (nSPS) is 30.9. The van der Waals surface area contributed by atoms with Crippen LogP contribution in [0, 0.1) is 0 Å². The molecule has 1 saturated heterocycles. The number of hydrogen-bond donors (Lipinski definition) is 1. The number of carbonyl (C=O) groups excluding carboxylic acids is 1. The Hall–Kier alpha value is -0.570. The quantitative estimate of drug-likeness (QED) is 0.794. The fourth-order valence-corrected chi connectivity index (χ4v) is 3.24. The molecule has 16 heavy (non-hydrogen) atoms. The van der Waals surface area contributed by atoms with Gasteiger partial charge in [0.25, 0.3) is 0 Å². The molecule has 0 aromatic heterocycles. The van der Waals surface area contributed by atoms with Gasteiger partial charge in [-0.1, -0.05) is 19.8 Å². The molecule has 2 aliphatic rings. The van der Waals surface area contributed by atoms with Crippen LogP contribution in [-0.2, 0) is 4.79 Å². The Morgan fingerprint density at radius 3 is 2.56 bits per heavy atom. The molecular weight excluding hydrogens is 200 g/mol. The van der Waals surface area contributed by atoms with Crippen molar-refractivity contribution in [1.29, 1.82) is 0 Å². The van der Waals surface area contributed by atoms with Crippen LogP contribution in [-0.4, -0.2) is 36.0 Å². The lowest BCUT2D eigenvalue weighted by molar-refractivity contribution is -0.138. The maximum atomic E-state index is 12.5. The summed E-state index contributed by atoms with van der Waals surface area (Å²) in [6.45, 7) is 3.12. The van der Waals surface area contributed by atoms with E-state index in [-0.39, 0.29) is 5.54 Å². The second-order valence-corrected chi connectivity index (χ2v) is 5.32. The van der Waals surface area contributed by atoms with Crippen LogP contribution in [0.1, 0.15) is 51.9 Å². The predicted molar refractivity (Wildman–Crippen MR) is 65.3 cm³/mol. The molecule has 1 unspecified atom stereocenters. The Kier molecular flexibility index (Phi) is 3.53. The van der Waals surface area contributed by atoms with E-state index in [2.05, 4.69) is 12.2 Å². The lowest BCUT2D eigenvalue weighted by Crippen LogP contribution is -2.55. The van der Waals surface area contributed by atoms with Crippen molar-refractivity contribution in [2.24, 2.45) is 0 Å². The summed E-state index contributed by atoms with van der Waals surface area (Å²) in [6, 6.07) is 0.498. The van der Waals surface area contributed by atoms with Gasteiger partial charge in [0.15, 0.2) is 0 Å². The van der Waals surface area contributed by atoms with Crippen molar-refractivity contribution < 1.29 is 4.79 Å². The maximum Gasteiger partial charge on any atom is 0.242 e. The Balaban J connectivity index is 2.04. The van der Waals surface area contributed by atoms with Crippen LogP contribution < -0.4 is 5.32 Å². The predicted octanol–water partition coefficient (Wildman–Crippen LogP) is 1.92. The minimum absolute atomic E-state index is 0.239. The molecule has 3 nitrogen and oxygen atoms in total. The van der Waals surface area contributed by atoms with Crippen LogP contribution in [0.25, 0.3) is 0 Å². The lowest BCUT2D eigenvalue weighted by Gasteiger charge is -2.35. The topological polar surface area (TPSA) is 32.3 Å². The Labute approximate surface area is 98.6 Å². The lowest BCUT2D eigenvalue weighted by atomic mass is 9.92. The van der Waals surface area contributed by atoms with Crippen LogP contribution >= 0.6 is 0 Å². The minimum Gasteiger partial charge on any atom is -0.341 e. The fourth-order valence-electron chi connectivity index (χ4n) is 3.24. The fraction of sp³-hybridized carbons (Fsp3) is 0.923.